The summed E-state index contributed by atoms with van der Waals surface area (Å²) in [6, 6.07) is 0. The average Bonchev–Trinajstić information content (AvgIpc) is 0. The Balaban J connectivity index is 0. The van der Waals surface area contributed by atoms with E-state index < -0.39 is 0 Å². The predicted molar refractivity (Wildman–Crippen MR) is 16.3 cm³/mol. The standard InChI is InChI=1S/2Li.2Mg.2Mn.2Ni.7O/q2*+1;6*+2;7*-2. The Morgan fingerprint density at radius 2 is 0.333 bits per heavy atom. The summed E-state index contributed by atoms with van der Waals surface area (Å²) in [5.74, 6) is 0. The number of hydrogen-bond acceptors (Lipinski definition) is 0. The molecule has 0 spiro atoms. The van der Waals surface area contributed by atoms with Crippen LogP contribution in [-0.4, -0.2) is 46.1 Å². The molecule has 0 N–H and O–H groups in total. The summed E-state index contributed by atoms with van der Waals surface area (Å²) in [6.45, 7) is 0. The summed E-state index contributed by atoms with van der Waals surface area (Å²) in [5, 5.41) is 0. The SMILES string of the molecule is [Li+].[Li+].[Mg+2].[Mg+2].[Mn+2].[Mn+2].[Ni+2].[Ni+2].[O-2].[O-2].[O-2].[O-2].[O-2].[O-2].[O-2]. The van der Waals surface area contributed by atoms with Gasteiger partial charge in [-0.1, -0.05) is 0 Å². The van der Waals surface area contributed by atoms with Gasteiger partial charge >= 0.3 is 151 Å². The Kier molecular flexibility index (Phi) is 6240. The fraction of sp³-hybridized carbons (Fsp3) is 0. The molecule has 0 bridgehead atoms. The van der Waals surface area contributed by atoms with Crippen LogP contribution in [0.15, 0.2) is 0 Å². The summed E-state index contributed by atoms with van der Waals surface area (Å²) < 4.78 is 0. The molecule has 0 aliphatic rings. The van der Waals surface area contributed by atoms with E-state index >= 15 is 0 Å². The van der Waals surface area contributed by atoms with Gasteiger partial charge in [0, 0.05) is 0 Å². The van der Waals surface area contributed by atoms with Gasteiger partial charge in [0.25, 0.3) is 0 Å². The molecule has 0 rings (SSSR count). The minimum atomic E-state index is 0. The van der Waals surface area contributed by atoms with Crippen molar-refractivity contribution in [2.24, 2.45) is 0 Å². The van der Waals surface area contributed by atoms with Crippen molar-refractivity contribution in [3.8, 4) is 0 Å². The van der Waals surface area contributed by atoms with Gasteiger partial charge in [0.15, 0.2) is 0 Å². The molecule has 15 heavy (non-hydrogen) atoms. The Bertz CT molecular complexity index is 31.0. The molecule has 7 nitrogen and oxygen atoms in total. The van der Waals surface area contributed by atoms with E-state index in [2.05, 4.69) is 0 Å². The van der Waals surface area contributed by atoms with E-state index in [0.29, 0.717) is 0 Å². The molecule has 0 heterocycles. The normalized spacial score (nSPS) is 0. The van der Waals surface area contributed by atoms with Crippen LogP contribution >= 0.6 is 0 Å². The molecule has 0 aromatic heterocycles. The van der Waals surface area contributed by atoms with Crippen LogP contribution in [0.1, 0.15) is 0 Å². The first-order chi connectivity index (χ1) is 0. The first-order valence-corrected chi connectivity index (χ1v) is 0. The van der Waals surface area contributed by atoms with Gasteiger partial charge in [-0.05, 0) is 0 Å². The third-order valence-electron chi connectivity index (χ3n) is 0. The molecular weight excluding hydrogens is 402 g/mol. The van der Waals surface area contributed by atoms with E-state index in [9.17, 15) is 0 Å². The second kappa shape index (κ2) is 282. The molecule has 0 aromatic carbocycles. The second-order valence-electron chi connectivity index (χ2n) is 0. The van der Waals surface area contributed by atoms with Crippen LogP contribution in [-0.2, 0) is 105 Å². The van der Waals surface area contributed by atoms with Gasteiger partial charge in [-0.3, -0.25) is 0 Å². The molecule has 0 atom stereocenters. The molecule has 0 aromatic rings. The first-order valence-electron chi connectivity index (χ1n) is 0. The van der Waals surface area contributed by atoms with Crippen LogP contribution in [0.25, 0.3) is 0 Å². The fourth-order valence-corrected chi connectivity index (χ4v) is 0. The predicted octanol–water partition coefficient (Wildman–Crippen LogP) is -7.60. The third-order valence-corrected chi connectivity index (χ3v) is 0. The van der Waals surface area contributed by atoms with Crippen molar-refractivity contribution in [1.82, 2.24) is 0 Å². The topological polar surface area (TPSA) is 200 Å². The Morgan fingerprint density at radius 3 is 0.333 bits per heavy atom. The minimum absolute atomic E-state index is 0. The van der Waals surface area contributed by atoms with Crippen LogP contribution in [0.5, 0.6) is 0 Å². The smallest absolute Gasteiger partial charge is 2.00 e. The molecule has 0 saturated carbocycles. The molecule has 0 saturated heterocycles. The van der Waals surface area contributed by atoms with Crippen molar-refractivity contribution in [3.05, 3.63) is 0 Å². The van der Waals surface area contributed by atoms with E-state index in [0.717, 1.165) is 0 Å². The Labute approximate surface area is 186 Å². The van der Waals surface area contributed by atoms with Gasteiger partial charge < -0.3 is 38.3 Å². The van der Waals surface area contributed by atoms with E-state index in [1.807, 2.05) is 0 Å². The van der Waals surface area contributed by atoms with Crippen molar-refractivity contribution in [3.63, 3.8) is 0 Å². The molecular formula is Li2Mg2Mn2Ni2O7. The summed E-state index contributed by atoms with van der Waals surface area (Å²) in [5.41, 5.74) is 0. The van der Waals surface area contributed by atoms with Crippen LogP contribution in [0, 0.1) is 0 Å². The van der Waals surface area contributed by atoms with Crippen LogP contribution < -0.4 is 37.7 Å². The molecule has 0 amide bonds. The maximum atomic E-state index is 0. The quantitative estimate of drug-likeness (QED) is 0.347. The second-order valence-corrected chi connectivity index (χ2v) is 0. The molecule has 0 fully saturated rings. The van der Waals surface area contributed by atoms with Crippen LogP contribution in [0.4, 0.5) is 0 Å². The summed E-state index contributed by atoms with van der Waals surface area (Å²) in [6.07, 6.45) is 0. The van der Waals surface area contributed by atoms with E-state index in [4.69, 9.17) is 0 Å². The third kappa shape index (κ3) is 251. The van der Waals surface area contributed by atoms with Crippen LogP contribution in [0.3, 0.4) is 0 Å². The largest absolute Gasteiger partial charge is 2.00 e. The van der Waals surface area contributed by atoms with Gasteiger partial charge in [-0.25, -0.2) is 0 Å². The Morgan fingerprint density at radius 1 is 0.333 bits per heavy atom. The van der Waals surface area contributed by atoms with Crippen molar-refractivity contribution in [2.75, 3.05) is 0 Å². The van der Waals surface area contributed by atoms with Gasteiger partial charge in [0.1, 0.15) is 0 Å². The first kappa shape index (κ1) is 332. The van der Waals surface area contributed by atoms with Crippen molar-refractivity contribution in [1.29, 1.82) is 0 Å². The maximum Gasteiger partial charge on any atom is 2.00 e. The van der Waals surface area contributed by atoms with Gasteiger partial charge in [-0.2, -0.15) is 0 Å². The van der Waals surface area contributed by atoms with E-state index in [1.54, 1.807) is 0 Å². The van der Waals surface area contributed by atoms with Crippen LogP contribution in [0.2, 0.25) is 0 Å². The zero-order valence-electron chi connectivity index (χ0n) is 7.66. The molecule has 82 valence electrons. The molecule has 0 unspecified atom stereocenters. The number of rotatable bonds is 0. The summed E-state index contributed by atoms with van der Waals surface area (Å²) in [4.78, 5) is 0. The van der Waals surface area contributed by atoms with Crippen molar-refractivity contribution < 1.29 is 143 Å². The van der Waals surface area contributed by atoms with E-state index in [-0.39, 0.29) is 189 Å². The molecule has 0 aliphatic carbocycles. The Hall–Kier alpha value is 4.47. The maximum absolute atomic E-state index is 0. The van der Waals surface area contributed by atoms with Gasteiger partial charge in [0.05, 0.1) is 0 Å². The molecule has 0 aliphatic heterocycles. The van der Waals surface area contributed by atoms with Gasteiger partial charge in [-0.15, -0.1) is 0 Å². The average molecular weight is 402 g/mol. The fourth-order valence-electron chi connectivity index (χ4n) is 0. The molecule has 15 heteroatoms. The van der Waals surface area contributed by atoms with E-state index in [1.165, 1.54) is 0 Å². The summed E-state index contributed by atoms with van der Waals surface area (Å²) in [7, 11) is 0. The summed E-state index contributed by atoms with van der Waals surface area (Å²) >= 11 is 0. The molecule has 2 radical (unpaired) electrons. The van der Waals surface area contributed by atoms with Crippen molar-refractivity contribution in [2.45, 2.75) is 0 Å². The monoisotopic (exact) mass is 400 g/mol. The van der Waals surface area contributed by atoms with Crippen molar-refractivity contribution >= 4 is 46.1 Å². The zero-order chi connectivity index (χ0) is 0. The minimum Gasteiger partial charge on any atom is -2.00 e. The van der Waals surface area contributed by atoms with Gasteiger partial charge in [0.2, 0.25) is 0 Å². The number of hydrogen-bond donors (Lipinski definition) is 0. The zero-order valence-corrected chi connectivity index (χ0v) is 14.8.